The number of hydrogen-bond donors (Lipinski definition) is 2. The van der Waals surface area contributed by atoms with E-state index in [0.717, 1.165) is 12.8 Å². The highest BCUT2D eigenvalue weighted by Crippen LogP contribution is 2.39. The molecule has 0 radical (unpaired) electrons. The van der Waals surface area contributed by atoms with Crippen LogP contribution in [0, 0.1) is 12.8 Å². The van der Waals surface area contributed by atoms with Gasteiger partial charge in [0.2, 0.25) is 5.91 Å². The Hall–Kier alpha value is -2.77. The average molecular weight is 403 g/mol. The lowest BCUT2D eigenvalue weighted by Crippen LogP contribution is -2.56. The first-order valence-corrected chi connectivity index (χ1v) is 9.84. The minimum atomic E-state index is -0.570. The van der Waals surface area contributed by atoms with Gasteiger partial charge in [-0.15, -0.1) is 0 Å². The molecule has 2 N–H and O–H groups in total. The van der Waals surface area contributed by atoms with Crippen LogP contribution in [0.1, 0.15) is 52.0 Å². The molecule has 2 aromatic rings. The van der Waals surface area contributed by atoms with Gasteiger partial charge in [-0.25, -0.2) is 9.78 Å². The molecule has 0 aliphatic heterocycles. The molecule has 0 saturated heterocycles. The Bertz CT molecular complexity index is 862. The average Bonchev–Trinajstić information content (AvgIpc) is 3.21. The van der Waals surface area contributed by atoms with Gasteiger partial charge in [-0.1, -0.05) is 0 Å². The Morgan fingerprint density at radius 2 is 2.00 bits per heavy atom. The van der Waals surface area contributed by atoms with Crippen LogP contribution in [0.4, 0.5) is 4.79 Å². The van der Waals surface area contributed by atoms with Crippen molar-refractivity contribution in [1.29, 1.82) is 0 Å². The smallest absolute Gasteiger partial charge is 0.407 e. The second-order valence-electron chi connectivity index (χ2n) is 8.77. The normalized spacial score (nSPS) is 16.2. The third kappa shape index (κ3) is 5.62. The molecule has 1 atom stereocenters. The number of nitrogens with one attached hydrogen (secondary N) is 2. The number of rotatable bonds is 7. The number of aromatic nitrogens is 1. The minimum Gasteiger partial charge on any atom is -0.459 e. The number of oxazole rings is 1. The molecule has 8 heteroatoms. The first kappa shape index (κ1) is 21.0. The van der Waals surface area contributed by atoms with E-state index in [-0.39, 0.29) is 12.3 Å². The van der Waals surface area contributed by atoms with Gasteiger partial charge in [-0.2, -0.15) is 0 Å². The SMILES string of the molecule is Cc1oc(-c2ccco2)nc1CC(=O)NC(C)(CNC(=O)OC(C)(C)C)C1CC1. The number of nitrogens with zero attached hydrogens (tertiary/aromatic N) is 1. The second kappa shape index (κ2) is 7.93. The quantitative estimate of drug-likeness (QED) is 0.732. The Morgan fingerprint density at radius 1 is 1.28 bits per heavy atom. The van der Waals surface area contributed by atoms with Crippen LogP contribution in [-0.2, 0) is 16.0 Å². The number of furan rings is 1. The molecule has 2 heterocycles. The zero-order valence-corrected chi connectivity index (χ0v) is 17.6. The van der Waals surface area contributed by atoms with Gasteiger partial charge < -0.3 is 24.2 Å². The Balaban J connectivity index is 1.61. The van der Waals surface area contributed by atoms with Crippen LogP contribution in [-0.4, -0.2) is 34.7 Å². The van der Waals surface area contributed by atoms with Crippen molar-refractivity contribution < 1.29 is 23.2 Å². The molecule has 1 aliphatic carbocycles. The summed E-state index contributed by atoms with van der Waals surface area (Å²) in [7, 11) is 0. The van der Waals surface area contributed by atoms with Crippen molar-refractivity contribution in [2.24, 2.45) is 5.92 Å². The molecule has 3 rings (SSSR count). The summed E-state index contributed by atoms with van der Waals surface area (Å²) in [5.74, 6) is 1.59. The molecule has 2 amide bonds. The summed E-state index contributed by atoms with van der Waals surface area (Å²) in [6.07, 6.45) is 3.16. The van der Waals surface area contributed by atoms with Crippen LogP contribution in [0.5, 0.6) is 0 Å². The molecule has 0 spiro atoms. The van der Waals surface area contributed by atoms with Crippen LogP contribution >= 0.6 is 0 Å². The Morgan fingerprint density at radius 3 is 2.59 bits per heavy atom. The van der Waals surface area contributed by atoms with Crippen molar-refractivity contribution in [3.05, 3.63) is 29.9 Å². The third-order valence-corrected chi connectivity index (χ3v) is 4.85. The third-order valence-electron chi connectivity index (χ3n) is 4.85. The van der Waals surface area contributed by atoms with Crippen molar-refractivity contribution >= 4 is 12.0 Å². The van der Waals surface area contributed by atoms with E-state index in [1.54, 1.807) is 25.3 Å². The number of carbonyl (C=O) groups excluding carboxylic acids is 2. The zero-order valence-electron chi connectivity index (χ0n) is 17.6. The summed E-state index contributed by atoms with van der Waals surface area (Å²) in [5, 5.41) is 5.86. The van der Waals surface area contributed by atoms with Crippen LogP contribution in [0.3, 0.4) is 0 Å². The maximum absolute atomic E-state index is 12.7. The summed E-state index contributed by atoms with van der Waals surface area (Å²) < 4.78 is 16.2. The fraction of sp³-hybridized carbons (Fsp3) is 0.571. The Labute approximate surface area is 170 Å². The van der Waals surface area contributed by atoms with Gasteiger partial charge in [0.25, 0.3) is 5.89 Å². The summed E-state index contributed by atoms with van der Waals surface area (Å²) in [6, 6.07) is 3.50. The molecular formula is C21H29N3O5. The lowest BCUT2D eigenvalue weighted by molar-refractivity contribution is -0.122. The zero-order chi connectivity index (χ0) is 21.2. The summed E-state index contributed by atoms with van der Waals surface area (Å²) >= 11 is 0. The fourth-order valence-corrected chi connectivity index (χ4v) is 3.19. The number of ether oxygens (including phenoxy) is 1. The molecule has 8 nitrogen and oxygen atoms in total. The largest absolute Gasteiger partial charge is 0.459 e. The highest BCUT2D eigenvalue weighted by atomic mass is 16.6. The molecule has 0 aromatic carbocycles. The molecule has 1 aliphatic rings. The van der Waals surface area contributed by atoms with E-state index in [2.05, 4.69) is 15.6 Å². The van der Waals surface area contributed by atoms with Crippen molar-refractivity contribution in [3.8, 4) is 11.7 Å². The van der Waals surface area contributed by atoms with E-state index < -0.39 is 17.2 Å². The van der Waals surface area contributed by atoms with E-state index in [9.17, 15) is 9.59 Å². The number of amides is 2. The first-order chi connectivity index (χ1) is 13.6. The van der Waals surface area contributed by atoms with Gasteiger partial charge in [0.1, 0.15) is 11.4 Å². The van der Waals surface area contributed by atoms with Crippen LogP contribution < -0.4 is 10.6 Å². The number of aryl methyl sites for hydroxylation is 1. The van der Waals surface area contributed by atoms with Crippen LogP contribution in [0.25, 0.3) is 11.7 Å². The lowest BCUT2D eigenvalue weighted by Gasteiger charge is -2.32. The van der Waals surface area contributed by atoms with E-state index in [4.69, 9.17) is 13.6 Å². The molecule has 158 valence electrons. The predicted molar refractivity (Wildman–Crippen MR) is 106 cm³/mol. The second-order valence-corrected chi connectivity index (χ2v) is 8.77. The Kier molecular flexibility index (Phi) is 5.73. The topological polar surface area (TPSA) is 107 Å². The molecule has 0 bridgehead atoms. The van der Waals surface area contributed by atoms with Crippen LogP contribution in [0.2, 0.25) is 0 Å². The monoisotopic (exact) mass is 403 g/mol. The number of carbonyl (C=O) groups is 2. The molecule has 29 heavy (non-hydrogen) atoms. The van der Waals surface area contributed by atoms with Gasteiger partial charge in [0.15, 0.2) is 5.76 Å². The lowest BCUT2D eigenvalue weighted by atomic mass is 9.95. The van der Waals surface area contributed by atoms with Gasteiger partial charge in [-0.05, 0) is 65.5 Å². The standard InChI is InChI=1S/C21H29N3O5/c1-13-15(23-18(28-13)16-7-6-10-27-16)11-17(25)24-21(5,14-8-9-14)12-22-19(26)29-20(2,3)4/h6-7,10,14H,8-9,11-12H2,1-5H3,(H,22,26)(H,24,25). The highest BCUT2D eigenvalue weighted by Gasteiger charge is 2.43. The van der Waals surface area contributed by atoms with E-state index >= 15 is 0 Å². The van der Waals surface area contributed by atoms with Gasteiger partial charge in [0, 0.05) is 6.54 Å². The van der Waals surface area contributed by atoms with Crippen molar-refractivity contribution in [1.82, 2.24) is 15.6 Å². The van der Waals surface area contributed by atoms with Crippen molar-refractivity contribution in [2.45, 2.75) is 65.0 Å². The molecule has 2 aromatic heterocycles. The first-order valence-electron chi connectivity index (χ1n) is 9.84. The van der Waals surface area contributed by atoms with Gasteiger partial charge in [-0.3, -0.25) is 4.79 Å². The van der Waals surface area contributed by atoms with E-state index in [0.29, 0.717) is 35.6 Å². The van der Waals surface area contributed by atoms with Crippen molar-refractivity contribution in [3.63, 3.8) is 0 Å². The van der Waals surface area contributed by atoms with Crippen molar-refractivity contribution in [2.75, 3.05) is 6.54 Å². The van der Waals surface area contributed by atoms with E-state index in [1.807, 2.05) is 27.7 Å². The minimum absolute atomic E-state index is 0.0881. The summed E-state index contributed by atoms with van der Waals surface area (Å²) in [6.45, 7) is 9.45. The summed E-state index contributed by atoms with van der Waals surface area (Å²) in [4.78, 5) is 29.1. The highest BCUT2D eigenvalue weighted by molar-refractivity contribution is 5.79. The fourth-order valence-electron chi connectivity index (χ4n) is 3.19. The molecular weight excluding hydrogens is 374 g/mol. The number of alkyl carbamates (subject to hydrolysis) is 1. The van der Waals surface area contributed by atoms with Gasteiger partial charge in [0.05, 0.1) is 23.9 Å². The van der Waals surface area contributed by atoms with Gasteiger partial charge >= 0.3 is 6.09 Å². The molecule has 1 fully saturated rings. The predicted octanol–water partition coefficient (Wildman–Crippen LogP) is 3.60. The maximum atomic E-state index is 12.7. The molecule has 1 saturated carbocycles. The number of hydrogen-bond acceptors (Lipinski definition) is 6. The summed E-state index contributed by atoms with van der Waals surface area (Å²) in [5.41, 5.74) is -0.554. The van der Waals surface area contributed by atoms with E-state index in [1.165, 1.54) is 0 Å². The molecule has 1 unspecified atom stereocenters. The maximum Gasteiger partial charge on any atom is 0.407 e. The van der Waals surface area contributed by atoms with Crippen LogP contribution in [0.15, 0.2) is 27.2 Å².